The van der Waals surface area contributed by atoms with Crippen LogP contribution in [-0.4, -0.2) is 29.4 Å². The maximum atomic E-state index is 11.7. The van der Waals surface area contributed by atoms with Crippen molar-refractivity contribution in [1.82, 2.24) is 9.88 Å². The highest BCUT2D eigenvalue weighted by molar-refractivity contribution is 7.13. The Hall–Kier alpha value is -1.92. The molecule has 0 radical (unpaired) electrons. The van der Waals surface area contributed by atoms with E-state index < -0.39 is 0 Å². The zero-order chi connectivity index (χ0) is 17.1. The van der Waals surface area contributed by atoms with Gasteiger partial charge in [-0.2, -0.15) is 0 Å². The lowest BCUT2D eigenvalue weighted by atomic mass is 9.99. The molecule has 2 heterocycles. The number of thiazole rings is 1. The van der Waals surface area contributed by atoms with Crippen molar-refractivity contribution in [3.8, 4) is 5.75 Å². The number of benzene rings is 1. The van der Waals surface area contributed by atoms with Crippen molar-refractivity contribution in [3.05, 3.63) is 40.4 Å². The zero-order valence-electron chi connectivity index (χ0n) is 14.3. The molecule has 0 bridgehead atoms. The predicted molar refractivity (Wildman–Crippen MR) is 96.4 cm³/mol. The molecule has 1 aliphatic heterocycles. The summed E-state index contributed by atoms with van der Waals surface area (Å²) in [5.41, 5.74) is 3.73. The summed E-state index contributed by atoms with van der Waals surface area (Å²) < 4.78 is 5.30. The molecule has 2 aromatic rings. The number of carbonyl (C=O) groups excluding carboxylic acids is 1. The van der Waals surface area contributed by atoms with Gasteiger partial charge in [-0.15, -0.1) is 11.3 Å². The highest BCUT2D eigenvalue weighted by Crippen LogP contribution is 2.25. The number of hydrogen-bond donors (Lipinski definition) is 1. The number of nitrogens with one attached hydrogen (secondary N) is 1. The molecule has 1 aromatic heterocycles. The molecular weight excluding hydrogens is 322 g/mol. The lowest BCUT2D eigenvalue weighted by Gasteiger charge is -2.28. The van der Waals surface area contributed by atoms with Gasteiger partial charge >= 0.3 is 0 Å². The Balaban J connectivity index is 1.61. The molecule has 1 N–H and O–H groups in total. The van der Waals surface area contributed by atoms with E-state index in [4.69, 9.17) is 4.74 Å². The van der Waals surface area contributed by atoms with Crippen LogP contribution in [-0.2, 0) is 24.3 Å². The maximum absolute atomic E-state index is 11.7. The van der Waals surface area contributed by atoms with Crippen molar-refractivity contribution < 1.29 is 9.53 Å². The van der Waals surface area contributed by atoms with Crippen LogP contribution in [0.1, 0.15) is 30.7 Å². The Kier molecular flexibility index (Phi) is 5.16. The Morgan fingerprint density at radius 2 is 2.25 bits per heavy atom. The Morgan fingerprint density at radius 3 is 3.00 bits per heavy atom. The van der Waals surface area contributed by atoms with Crippen LogP contribution in [0.25, 0.3) is 0 Å². The molecule has 1 amide bonds. The van der Waals surface area contributed by atoms with Gasteiger partial charge in [0, 0.05) is 30.9 Å². The zero-order valence-corrected chi connectivity index (χ0v) is 15.2. The molecule has 128 valence electrons. The number of fused-ring (bicyclic) bond motifs is 1. The first kappa shape index (κ1) is 16.9. The van der Waals surface area contributed by atoms with E-state index in [2.05, 4.69) is 27.3 Å². The highest BCUT2D eigenvalue weighted by Gasteiger charge is 2.18. The number of aromatic nitrogens is 1. The molecule has 24 heavy (non-hydrogen) atoms. The Morgan fingerprint density at radius 1 is 1.42 bits per heavy atom. The molecule has 3 rings (SSSR count). The molecule has 0 spiro atoms. The average Bonchev–Trinajstić information content (AvgIpc) is 3.01. The van der Waals surface area contributed by atoms with Gasteiger partial charge in [0.25, 0.3) is 0 Å². The molecule has 0 saturated heterocycles. The van der Waals surface area contributed by atoms with Crippen LogP contribution in [0.3, 0.4) is 0 Å². The fourth-order valence-electron chi connectivity index (χ4n) is 2.77. The third kappa shape index (κ3) is 3.94. The van der Waals surface area contributed by atoms with Gasteiger partial charge in [-0.1, -0.05) is 19.9 Å². The monoisotopic (exact) mass is 345 g/mol. The lowest BCUT2D eigenvalue weighted by Crippen LogP contribution is -2.30. The van der Waals surface area contributed by atoms with Crippen LogP contribution in [0.15, 0.2) is 23.6 Å². The summed E-state index contributed by atoms with van der Waals surface area (Å²) in [5.74, 6) is 0.900. The molecule has 5 nitrogen and oxygen atoms in total. The topological polar surface area (TPSA) is 54.5 Å². The van der Waals surface area contributed by atoms with E-state index in [0.29, 0.717) is 5.13 Å². The van der Waals surface area contributed by atoms with Crippen molar-refractivity contribution in [1.29, 1.82) is 0 Å². The summed E-state index contributed by atoms with van der Waals surface area (Å²) >= 11 is 1.49. The Bertz CT molecular complexity index is 727. The maximum Gasteiger partial charge on any atom is 0.228 e. The standard InChI is InChI=1S/C18H23N3O2S/c1-12(2)17(22)20-18-19-15(11-24-18)10-21-7-6-13-8-16(23-3)5-4-14(13)9-21/h4-5,8,11-12H,6-7,9-10H2,1-3H3,(H,19,20,22). The minimum Gasteiger partial charge on any atom is -0.497 e. The van der Waals surface area contributed by atoms with Crippen molar-refractivity contribution in [3.63, 3.8) is 0 Å². The second-order valence-electron chi connectivity index (χ2n) is 6.38. The minimum atomic E-state index is -0.0343. The number of nitrogens with zero attached hydrogens (tertiary/aromatic N) is 2. The second kappa shape index (κ2) is 7.32. The molecule has 0 aliphatic carbocycles. The van der Waals surface area contributed by atoms with E-state index in [-0.39, 0.29) is 11.8 Å². The van der Waals surface area contributed by atoms with Crippen molar-refractivity contribution in [2.75, 3.05) is 19.0 Å². The smallest absolute Gasteiger partial charge is 0.228 e. The van der Waals surface area contributed by atoms with Crippen molar-refractivity contribution in [2.45, 2.75) is 33.4 Å². The molecular formula is C18H23N3O2S. The van der Waals surface area contributed by atoms with Crippen molar-refractivity contribution >= 4 is 22.4 Å². The number of anilines is 1. The normalized spacial score (nSPS) is 14.5. The summed E-state index contributed by atoms with van der Waals surface area (Å²) in [4.78, 5) is 18.7. The minimum absolute atomic E-state index is 0.0109. The highest BCUT2D eigenvalue weighted by atomic mass is 32.1. The summed E-state index contributed by atoms with van der Waals surface area (Å²) in [6.07, 6.45) is 1.02. The van der Waals surface area contributed by atoms with Gasteiger partial charge in [-0.3, -0.25) is 9.69 Å². The largest absolute Gasteiger partial charge is 0.497 e. The molecule has 0 saturated carbocycles. The van der Waals surface area contributed by atoms with Gasteiger partial charge < -0.3 is 10.1 Å². The fourth-order valence-corrected chi connectivity index (χ4v) is 3.47. The first-order valence-corrected chi connectivity index (χ1v) is 9.06. The van der Waals surface area contributed by atoms with Crippen molar-refractivity contribution in [2.24, 2.45) is 5.92 Å². The van der Waals surface area contributed by atoms with E-state index in [0.717, 1.165) is 37.5 Å². The molecule has 1 aliphatic rings. The van der Waals surface area contributed by atoms with Crippen LogP contribution in [0, 0.1) is 5.92 Å². The van der Waals surface area contributed by atoms with Crippen LogP contribution >= 0.6 is 11.3 Å². The lowest BCUT2D eigenvalue weighted by molar-refractivity contribution is -0.118. The van der Waals surface area contributed by atoms with E-state index in [1.807, 2.05) is 25.3 Å². The van der Waals surface area contributed by atoms with Crippen LogP contribution < -0.4 is 10.1 Å². The van der Waals surface area contributed by atoms with Crippen LogP contribution in [0.4, 0.5) is 5.13 Å². The van der Waals surface area contributed by atoms with Gasteiger partial charge in [0.05, 0.1) is 12.8 Å². The van der Waals surface area contributed by atoms with Crippen LogP contribution in [0.5, 0.6) is 5.75 Å². The van der Waals surface area contributed by atoms with Gasteiger partial charge in [-0.25, -0.2) is 4.98 Å². The predicted octanol–water partition coefficient (Wildman–Crippen LogP) is 3.30. The van der Waals surface area contributed by atoms with Gasteiger partial charge in [0.2, 0.25) is 5.91 Å². The average molecular weight is 345 g/mol. The third-order valence-electron chi connectivity index (χ3n) is 4.20. The van der Waals surface area contributed by atoms with Gasteiger partial charge in [-0.05, 0) is 29.7 Å². The number of methoxy groups -OCH3 is 1. The SMILES string of the molecule is COc1ccc2c(c1)CCN(Cc1csc(NC(=O)C(C)C)n1)C2. The van der Waals surface area contributed by atoms with Gasteiger partial charge in [0.15, 0.2) is 5.13 Å². The van der Waals surface area contributed by atoms with Gasteiger partial charge in [0.1, 0.15) is 5.75 Å². The quantitative estimate of drug-likeness (QED) is 0.903. The number of ether oxygens (including phenoxy) is 1. The molecule has 0 atom stereocenters. The first-order valence-electron chi connectivity index (χ1n) is 8.18. The first-order chi connectivity index (χ1) is 11.5. The third-order valence-corrected chi connectivity index (χ3v) is 5.00. The van der Waals surface area contributed by atoms with E-state index in [1.54, 1.807) is 7.11 Å². The summed E-state index contributed by atoms with van der Waals surface area (Å²) in [6.45, 7) is 6.49. The molecule has 0 unspecified atom stereocenters. The fraction of sp³-hybridized carbons (Fsp3) is 0.444. The van der Waals surface area contributed by atoms with Crippen LogP contribution in [0.2, 0.25) is 0 Å². The number of hydrogen-bond acceptors (Lipinski definition) is 5. The summed E-state index contributed by atoms with van der Waals surface area (Å²) in [5, 5.41) is 5.58. The van der Waals surface area contributed by atoms with E-state index in [1.165, 1.54) is 22.5 Å². The summed E-state index contributed by atoms with van der Waals surface area (Å²) in [6, 6.07) is 6.30. The number of rotatable bonds is 5. The Labute approximate surface area is 146 Å². The molecule has 0 fully saturated rings. The second-order valence-corrected chi connectivity index (χ2v) is 7.24. The van der Waals surface area contributed by atoms with E-state index in [9.17, 15) is 4.79 Å². The van der Waals surface area contributed by atoms with E-state index >= 15 is 0 Å². The summed E-state index contributed by atoms with van der Waals surface area (Å²) in [7, 11) is 1.70. The molecule has 6 heteroatoms. The number of amides is 1. The molecule has 1 aromatic carbocycles. The number of carbonyl (C=O) groups is 1.